The molecule has 0 atom stereocenters. The molecule has 0 unspecified atom stereocenters. The molecule has 1 aromatic carbocycles. The highest BCUT2D eigenvalue weighted by Gasteiger charge is 2.03. The molecular weight excluding hydrogens is 160 g/mol. The number of nitrogen functional groups attached to an aromatic ring is 1. The number of H-pyrrole nitrogens is 1. The number of benzene rings is 1. The van der Waals surface area contributed by atoms with Crippen LogP contribution in [0, 0.1) is 6.92 Å². The topological polar surface area (TPSA) is 41.8 Å². The summed E-state index contributed by atoms with van der Waals surface area (Å²) >= 11 is 0. The van der Waals surface area contributed by atoms with Crippen LogP contribution in [0.2, 0.25) is 0 Å². The van der Waals surface area contributed by atoms with Crippen molar-refractivity contribution >= 4 is 5.69 Å². The van der Waals surface area contributed by atoms with Crippen molar-refractivity contribution in [1.29, 1.82) is 0 Å². The van der Waals surface area contributed by atoms with Crippen LogP contribution in [0.25, 0.3) is 11.1 Å². The van der Waals surface area contributed by atoms with E-state index in [0.717, 1.165) is 11.3 Å². The third-order valence-corrected chi connectivity index (χ3v) is 2.28. The lowest BCUT2D eigenvalue weighted by Gasteiger charge is -2.05. The van der Waals surface area contributed by atoms with E-state index < -0.39 is 0 Å². The quantitative estimate of drug-likeness (QED) is 0.638. The number of hydrogen-bond acceptors (Lipinski definition) is 1. The van der Waals surface area contributed by atoms with E-state index in [1.165, 1.54) is 11.1 Å². The summed E-state index contributed by atoms with van der Waals surface area (Å²) in [7, 11) is 0. The van der Waals surface area contributed by atoms with E-state index in [2.05, 4.69) is 11.1 Å². The van der Waals surface area contributed by atoms with Crippen LogP contribution >= 0.6 is 0 Å². The number of rotatable bonds is 1. The standard InChI is InChI=1S/C11H12N2/c1-8-10(3-2-4-11(8)12)9-5-6-13-7-9/h2-7,13H,12H2,1H3. The lowest BCUT2D eigenvalue weighted by atomic mass is 10.0. The average Bonchev–Trinajstić information content (AvgIpc) is 2.62. The van der Waals surface area contributed by atoms with Gasteiger partial charge in [-0.1, -0.05) is 12.1 Å². The molecule has 0 spiro atoms. The molecule has 2 nitrogen and oxygen atoms in total. The Morgan fingerprint density at radius 1 is 1.23 bits per heavy atom. The van der Waals surface area contributed by atoms with Crippen LogP contribution in [0.15, 0.2) is 36.7 Å². The monoisotopic (exact) mass is 172 g/mol. The van der Waals surface area contributed by atoms with E-state index in [1.54, 1.807) is 0 Å². The molecular formula is C11H12N2. The molecule has 0 aliphatic heterocycles. The first-order chi connectivity index (χ1) is 6.29. The Labute approximate surface area is 77.4 Å². The highest BCUT2D eigenvalue weighted by Crippen LogP contribution is 2.26. The normalized spacial score (nSPS) is 10.2. The summed E-state index contributed by atoms with van der Waals surface area (Å²) in [6.45, 7) is 2.04. The van der Waals surface area contributed by atoms with Crippen LogP contribution in [0.4, 0.5) is 5.69 Å². The van der Waals surface area contributed by atoms with Crippen molar-refractivity contribution in [2.45, 2.75) is 6.92 Å². The molecule has 66 valence electrons. The molecule has 0 saturated heterocycles. The molecule has 1 heterocycles. The van der Waals surface area contributed by atoms with Crippen molar-refractivity contribution in [2.75, 3.05) is 5.73 Å². The van der Waals surface area contributed by atoms with Crippen molar-refractivity contribution in [2.24, 2.45) is 0 Å². The van der Waals surface area contributed by atoms with Crippen molar-refractivity contribution in [1.82, 2.24) is 4.98 Å². The van der Waals surface area contributed by atoms with E-state index >= 15 is 0 Å². The zero-order valence-electron chi connectivity index (χ0n) is 7.54. The molecule has 0 saturated carbocycles. The summed E-state index contributed by atoms with van der Waals surface area (Å²) in [5, 5.41) is 0. The van der Waals surface area contributed by atoms with Gasteiger partial charge >= 0.3 is 0 Å². The summed E-state index contributed by atoms with van der Waals surface area (Å²) < 4.78 is 0. The van der Waals surface area contributed by atoms with Crippen LogP contribution in [-0.4, -0.2) is 4.98 Å². The third kappa shape index (κ3) is 1.31. The zero-order chi connectivity index (χ0) is 9.26. The molecule has 2 rings (SSSR count). The molecule has 0 amide bonds. The minimum Gasteiger partial charge on any atom is -0.398 e. The van der Waals surface area contributed by atoms with Gasteiger partial charge in [0, 0.05) is 18.1 Å². The first-order valence-corrected chi connectivity index (χ1v) is 4.27. The van der Waals surface area contributed by atoms with Crippen molar-refractivity contribution in [3.63, 3.8) is 0 Å². The molecule has 1 aromatic heterocycles. The Kier molecular flexibility index (Phi) is 1.81. The maximum absolute atomic E-state index is 5.82. The van der Waals surface area contributed by atoms with Gasteiger partial charge in [-0.05, 0) is 35.7 Å². The number of aromatic nitrogens is 1. The fraction of sp³-hybridized carbons (Fsp3) is 0.0909. The first-order valence-electron chi connectivity index (χ1n) is 4.27. The van der Waals surface area contributed by atoms with E-state index in [0.29, 0.717) is 0 Å². The molecule has 13 heavy (non-hydrogen) atoms. The molecule has 0 fully saturated rings. The van der Waals surface area contributed by atoms with Gasteiger partial charge < -0.3 is 10.7 Å². The highest BCUT2D eigenvalue weighted by atomic mass is 14.6. The number of anilines is 1. The Hall–Kier alpha value is -1.70. The molecule has 3 N–H and O–H groups in total. The largest absolute Gasteiger partial charge is 0.398 e. The predicted octanol–water partition coefficient (Wildman–Crippen LogP) is 2.57. The fourth-order valence-electron chi connectivity index (χ4n) is 1.46. The Morgan fingerprint density at radius 3 is 2.77 bits per heavy atom. The van der Waals surface area contributed by atoms with Crippen molar-refractivity contribution in [3.05, 3.63) is 42.2 Å². The smallest absolute Gasteiger partial charge is 0.0349 e. The van der Waals surface area contributed by atoms with E-state index in [9.17, 15) is 0 Å². The summed E-state index contributed by atoms with van der Waals surface area (Å²) in [5.74, 6) is 0. The van der Waals surface area contributed by atoms with Gasteiger partial charge in [0.15, 0.2) is 0 Å². The maximum atomic E-state index is 5.82. The first kappa shape index (κ1) is 7.92. The van der Waals surface area contributed by atoms with Crippen LogP contribution in [0.3, 0.4) is 0 Å². The Balaban J connectivity index is 2.59. The number of nitrogens with two attached hydrogens (primary N) is 1. The van der Waals surface area contributed by atoms with Gasteiger partial charge in [0.25, 0.3) is 0 Å². The van der Waals surface area contributed by atoms with Crippen molar-refractivity contribution in [3.8, 4) is 11.1 Å². The number of hydrogen-bond donors (Lipinski definition) is 2. The second kappa shape index (κ2) is 2.98. The van der Waals surface area contributed by atoms with Crippen LogP contribution in [0.5, 0.6) is 0 Å². The lowest BCUT2D eigenvalue weighted by molar-refractivity contribution is 1.41. The summed E-state index contributed by atoms with van der Waals surface area (Å²) in [6, 6.07) is 8.02. The molecule has 0 bridgehead atoms. The summed E-state index contributed by atoms with van der Waals surface area (Å²) in [5.41, 5.74) is 10.2. The third-order valence-electron chi connectivity index (χ3n) is 2.28. The summed E-state index contributed by atoms with van der Waals surface area (Å²) in [6.07, 6.45) is 3.89. The predicted molar refractivity (Wildman–Crippen MR) is 55.4 cm³/mol. The molecule has 0 aliphatic rings. The second-order valence-corrected chi connectivity index (χ2v) is 3.12. The van der Waals surface area contributed by atoms with Gasteiger partial charge in [-0.3, -0.25) is 0 Å². The molecule has 2 aromatic rings. The van der Waals surface area contributed by atoms with Crippen molar-refractivity contribution < 1.29 is 0 Å². The van der Waals surface area contributed by atoms with E-state index in [-0.39, 0.29) is 0 Å². The van der Waals surface area contributed by atoms with Gasteiger partial charge in [-0.15, -0.1) is 0 Å². The van der Waals surface area contributed by atoms with Gasteiger partial charge in [-0.2, -0.15) is 0 Å². The zero-order valence-corrected chi connectivity index (χ0v) is 7.54. The van der Waals surface area contributed by atoms with Crippen LogP contribution < -0.4 is 5.73 Å². The fourth-order valence-corrected chi connectivity index (χ4v) is 1.46. The SMILES string of the molecule is Cc1c(N)cccc1-c1cc[nH]c1. The second-order valence-electron chi connectivity index (χ2n) is 3.12. The summed E-state index contributed by atoms with van der Waals surface area (Å²) in [4.78, 5) is 3.03. The maximum Gasteiger partial charge on any atom is 0.0349 e. The van der Waals surface area contributed by atoms with Gasteiger partial charge in [0.2, 0.25) is 0 Å². The Bertz CT molecular complexity index is 402. The van der Waals surface area contributed by atoms with E-state index in [4.69, 9.17) is 5.73 Å². The van der Waals surface area contributed by atoms with Gasteiger partial charge in [-0.25, -0.2) is 0 Å². The lowest BCUT2D eigenvalue weighted by Crippen LogP contribution is -1.90. The number of nitrogens with one attached hydrogen (secondary N) is 1. The number of aromatic amines is 1. The highest BCUT2D eigenvalue weighted by molar-refractivity contribution is 5.72. The van der Waals surface area contributed by atoms with Gasteiger partial charge in [0.05, 0.1) is 0 Å². The van der Waals surface area contributed by atoms with Crippen LogP contribution in [-0.2, 0) is 0 Å². The van der Waals surface area contributed by atoms with Gasteiger partial charge in [0.1, 0.15) is 0 Å². The average molecular weight is 172 g/mol. The Morgan fingerprint density at radius 2 is 2.08 bits per heavy atom. The van der Waals surface area contributed by atoms with E-state index in [1.807, 2.05) is 37.5 Å². The molecule has 2 heteroatoms. The van der Waals surface area contributed by atoms with Crippen LogP contribution in [0.1, 0.15) is 5.56 Å². The molecule has 0 aliphatic carbocycles. The molecule has 0 radical (unpaired) electrons. The minimum atomic E-state index is 0.846. The minimum absolute atomic E-state index is 0.846.